The van der Waals surface area contributed by atoms with Crippen LogP contribution in [0.4, 0.5) is 11.6 Å². The lowest BCUT2D eigenvalue weighted by molar-refractivity contribution is 0.619. The standard InChI is InChI=1S/C15H28N4/c1-6-10-16-14-13(8-3)15(18-11-17-14)19(9-4)12(5)7-2/h11-12H,6-10H2,1-5H3,(H,16,17,18). The van der Waals surface area contributed by atoms with Crippen LogP contribution >= 0.6 is 0 Å². The number of aromatic nitrogens is 2. The summed E-state index contributed by atoms with van der Waals surface area (Å²) in [4.78, 5) is 11.3. The molecule has 0 saturated heterocycles. The van der Waals surface area contributed by atoms with Gasteiger partial charge in [0.25, 0.3) is 0 Å². The Morgan fingerprint density at radius 1 is 1.21 bits per heavy atom. The summed E-state index contributed by atoms with van der Waals surface area (Å²) < 4.78 is 0. The van der Waals surface area contributed by atoms with Crippen molar-refractivity contribution in [2.45, 2.75) is 59.9 Å². The van der Waals surface area contributed by atoms with Crippen molar-refractivity contribution < 1.29 is 0 Å². The quantitative estimate of drug-likeness (QED) is 0.780. The minimum Gasteiger partial charge on any atom is -0.370 e. The molecule has 1 N–H and O–H groups in total. The normalized spacial score (nSPS) is 12.3. The van der Waals surface area contributed by atoms with Gasteiger partial charge in [-0.15, -0.1) is 0 Å². The summed E-state index contributed by atoms with van der Waals surface area (Å²) in [7, 11) is 0. The lowest BCUT2D eigenvalue weighted by atomic mass is 10.1. The predicted octanol–water partition coefficient (Wildman–Crippen LogP) is 3.49. The van der Waals surface area contributed by atoms with Gasteiger partial charge in [-0.3, -0.25) is 0 Å². The molecule has 1 atom stereocenters. The van der Waals surface area contributed by atoms with Crippen molar-refractivity contribution in [3.63, 3.8) is 0 Å². The number of hydrogen-bond acceptors (Lipinski definition) is 4. The zero-order chi connectivity index (χ0) is 14.3. The van der Waals surface area contributed by atoms with Gasteiger partial charge < -0.3 is 10.2 Å². The fraction of sp³-hybridized carbons (Fsp3) is 0.733. The average molecular weight is 264 g/mol. The first-order valence-electron chi connectivity index (χ1n) is 7.53. The maximum absolute atomic E-state index is 4.53. The highest BCUT2D eigenvalue weighted by Gasteiger charge is 2.18. The zero-order valence-corrected chi connectivity index (χ0v) is 13.0. The van der Waals surface area contributed by atoms with Gasteiger partial charge in [0.1, 0.15) is 18.0 Å². The highest BCUT2D eigenvalue weighted by atomic mass is 15.2. The molecule has 1 unspecified atom stereocenters. The Hall–Kier alpha value is -1.32. The van der Waals surface area contributed by atoms with E-state index in [1.54, 1.807) is 6.33 Å². The highest BCUT2D eigenvalue weighted by Crippen LogP contribution is 2.26. The molecular weight excluding hydrogens is 236 g/mol. The maximum atomic E-state index is 4.53. The van der Waals surface area contributed by atoms with Gasteiger partial charge in [0.05, 0.1) is 0 Å². The van der Waals surface area contributed by atoms with Crippen molar-refractivity contribution in [3.05, 3.63) is 11.9 Å². The van der Waals surface area contributed by atoms with E-state index in [1.807, 2.05) is 0 Å². The van der Waals surface area contributed by atoms with Crippen LogP contribution < -0.4 is 10.2 Å². The van der Waals surface area contributed by atoms with E-state index < -0.39 is 0 Å². The first kappa shape index (κ1) is 15.7. The summed E-state index contributed by atoms with van der Waals surface area (Å²) in [5, 5.41) is 3.41. The molecule has 4 nitrogen and oxygen atoms in total. The molecule has 1 aromatic heterocycles. The Balaban J connectivity index is 3.11. The molecule has 0 spiro atoms. The van der Waals surface area contributed by atoms with Gasteiger partial charge in [-0.2, -0.15) is 0 Å². The third-order valence-corrected chi connectivity index (χ3v) is 3.55. The second kappa shape index (κ2) is 7.97. The number of rotatable bonds is 8. The Kier molecular flexibility index (Phi) is 6.60. The number of nitrogens with one attached hydrogen (secondary N) is 1. The van der Waals surface area contributed by atoms with E-state index in [4.69, 9.17) is 0 Å². The second-order valence-electron chi connectivity index (χ2n) is 4.85. The third-order valence-electron chi connectivity index (χ3n) is 3.55. The van der Waals surface area contributed by atoms with Crippen molar-refractivity contribution in [1.82, 2.24) is 9.97 Å². The Labute approximate surface area is 117 Å². The highest BCUT2D eigenvalue weighted by molar-refractivity contribution is 5.59. The fourth-order valence-electron chi connectivity index (χ4n) is 2.26. The van der Waals surface area contributed by atoms with Crippen LogP contribution in [0, 0.1) is 0 Å². The van der Waals surface area contributed by atoms with Crippen LogP contribution in [0.25, 0.3) is 0 Å². The topological polar surface area (TPSA) is 41.1 Å². The lowest BCUT2D eigenvalue weighted by Crippen LogP contribution is -2.34. The number of hydrogen-bond donors (Lipinski definition) is 1. The first-order chi connectivity index (χ1) is 9.19. The van der Waals surface area contributed by atoms with Crippen LogP contribution in [0.3, 0.4) is 0 Å². The van der Waals surface area contributed by atoms with Crippen molar-refractivity contribution in [1.29, 1.82) is 0 Å². The van der Waals surface area contributed by atoms with E-state index in [0.717, 1.165) is 44.0 Å². The molecule has 4 heteroatoms. The van der Waals surface area contributed by atoms with Crippen LogP contribution in [-0.4, -0.2) is 29.1 Å². The van der Waals surface area contributed by atoms with Gasteiger partial charge >= 0.3 is 0 Å². The number of nitrogens with zero attached hydrogens (tertiary/aromatic N) is 3. The molecule has 0 radical (unpaired) electrons. The predicted molar refractivity (Wildman–Crippen MR) is 83.0 cm³/mol. The van der Waals surface area contributed by atoms with Gasteiger partial charge in [0.2, 0.25) is 0 Å². The minimum atomic E-state index is 0.504. The molecule has 0 fully saturated rings. The van der Waals surface area contributed by atoms with Crippen LogP contribution in [0.1, 0.15) is 53.0 Å². The minimum absolute atomic E-state index is 0.504. The van der Waals surface area contributed by atoms with Crippen molar-refractivity contribution in [3.8, 4) is 0 Å². The monoisotopic (exact) mass is 264 g/mol. The summed E-state index contributed by atoms with van der Waals surface area (Å²) in [6, 6.07) is 0.504. The second-order valence-corrected chi connectivity index (χ2v) is 4.85. The van der Waals surface area contributed by atoms with E-state index in [2.05, 4.69) is 54.8 Å². The Morgan fingerprint density at radius 2 is 1.95 bits per heavy atom. The smallest absolute Gasteiger partial charge is 0.137 e. The summed E-state index contributed by atoms with van der Waals surface area (Å²) >= 11 is 0. The van der Waals surface area contributed by atoms with Crippen LogP contribution in [0.2, 0.25) is 0 Å². The Bertz CT molecular complexity index is 378. The van der Waals surface area contributed by atoms with Gasteiger partial charge in [0, 0.05) is 24.7 Å². The van der Waals surface area contributed by atoms with Crippen molar-refractivity contribution in [2.75, 3.05) is 23.3 Å². The molecule has 1 heterocycles. The molecule has 0 bridgehead atoms. The SMILES string of the molecule is CCCNc1ncnc(N(CC)C(C)CC)c1CC. The van der Waals surface area contributed by atoms with E-state index in [9.17, 15) is 0 Å². The molecule has 0 amide bonds. The van der Waals surface area contributed by atoms with Gasteiger partial charge in [-0.1, -0.05) is 20.8 Å². The summed E-state index contributed by atoms with van der Waals surface area (Å²) in [6.07, 6.45) is 4.86. The largest absolute Gasteiger partial charge is 0.370 e. The molecular formula is C15H28N4. The van der Waals surface area contributed by atoms with Gasteiger partial charge in [-0.05, 0) is 33.1 Å². The molecule has 19 heavy (non-hydrogen) atoms. The molecule has 0 saturated carbocycles. The zero-order valence-electron chi connectivity index (χ0n) is 13.0. The Morgan fingerprint density at radius 3 is 2.47 bits per heavy atom. The molecule has 0 aliphatic rings. The summed E-state index contributed by atoms with van der Waals surface area (Å²) in [5.41, 5.74) is 1.23. The van der Waals surface area contributed by atoms with E-state index >= 15 is 0 Å². The summed E-state index contributed by atoms with van der Waals surface area (Å²) in [5.74, 6) is 2.09. The van der Waals surface area contributed by atoms with E-state index in [1.165, 1.54) is 5.56 Å². The molecule has 1 aromatic rings. The van der Waals surface area contributed by atoms with E-state index in [0.29, 0.717) is 6.04 Å². The van der Waals surface area contributed by atoms with Crippen LogP contribution in [0.5, 0.6) is 0 Å². The van der Waals surface area contributed by atoms with Gasteiger partial charge in [-0.25, -0.2) is 9.97 Å². The average Bonchev–Trinajstić information content (AvgIpc) is 2.45. The first-order valence-corrected chi connectivity index (χ1v) is 7.53. The van der Waals surface area contributed by atoms with Crippen molar-refractivity contribution >= 4 is 11.6 Å². The third kappa shape index (κ3) is 3.82. The molecule has 108 valence electrons. The summed E-state index contributed by atoms with van der Waals surface area (Å²) in [6.45, 7) is 12.9. The van der Waals surface area contributed by atoms with Crippen molar-refractivity contribution in [2.24, 2.45) is 0 Å². The van der Waals surface area contributed by atoms with E-state index in [-0.39, 0.29) is 0 Å². The molecule has 0 aliphatic heterocycles. The van der Waals surface area contributed by atoms with Crippen LogP contribution in [-0.2, 0) is 6.42 Å². The lowest BCUT2D eigenvalue weighted by Gasteiger charge is -2.30. The molecule has 1 rings (SSSR count). The number of anilines is 2. The maximum Gasteiger partial charge on any atom is 0.137 e. The molecule has 0 aliphatic carbocycles. The van der Waals surface area contributed by atoms with Gasteiger partial charge in [0.15, 0.2) is 0 Å². The fourth-order valence-corrected chi connectivity index (χ4v) is 2.26. The van der Waals surface area contributed by atoms with Crippen LogP contribution in [0.15, 0.2) is 6.33 Å². The molecule has 0 aromatic carbocycles.